The number of hydrogen-bond donors (Lipinski definition) is 0. The number of carbonyl (C=O) groups excluding carboxylic acids is 1. The van der Waals surface area contributed by atoms with Crippen molar-refractivity contribution in [3.05, 3.63) is 69.5 Å². The van der Waals surface area contributed by atoms with Crippen LogP contribution in [0.2, 0.25) is 10.0 Å². The minimum Gasteiger partial charge on any atom is -0.363 e. The van der Waals surface area contributed by atoms with Crippen LogP contribution in [0.4, 0.5) is 11.4 Å². The van der Waals surface area contributed by atoms with E-state index in [1.54, 1.807) is 13.0 Å². The van der Waals surface area contributed by atoms with Gasteiger partial charge in [-0.15, -0.1) is 0 Å². The molecule has 2 aromatic carbocycles. The van der Waals surface area contributed by atoms with Gasteiger partial charge in [0.1, 0.15) is 5.78 Å². The summed E-state index contributed by atoms with van der Waals surface area (Å²) in [6, 6.07) is 13.6. The molecule has 0 spiro atoms. The highest BCUT2D eigenvalue weighted by molar-refractivity contribution is 6.33. The molecule has 1 fully saturated rings. The molecule has 0 aliphatic carbocycles. The summed E-state index contributed by atoms with van der Waals surface area (Å²) in [5.41, 5.74) is 2.44. The molecule has 0 bridgehead atoms. The van der Waals surface area contributed by atoms with E-state index in [9.17, 15) is 4.79 Å². The summed E-state index contributed by atoms with van der Waals surface area (Å²) in [5, 5.41) is 1.18. The molecule has 0 aromatic heterocycles. The zero-order valence-electron chi connectivity index (χ0n) is 15.2. The van der Waals surface area contributed by atoms with Crippen molar-refractivity contribution in [3.8, 4) is 0 Å². The van der Waals surface area contributed by atoms with Gasteiger partial charge in [-0.25, -0.2) is 4.85 Å². The molecule has 0 N–H and O–H groups in total. The summed E-state index contributed by atoms with van der Waals surface area (Å²) < 4.78 is 0. The molecule has 4 nitrogen and oxygen atoms in total. The van der Waals surface area contributed by atoms with Crippen molar-refractivity contribution in [2.24, 2.45) is 0 Å². The number of rotatable bonds is 6. The summed E-state index contributed by atoms with van der Waals surface area (Å²) in [4.78, 5) is 19.4. The van der Waals surface area contributed by atoms with Gasteiger partial charge in [0.25, 0.3) is 0 Å². The lowest BCUT2D eigenvalue weighted by Gasteiger charge is -2.32. The summed E-state index contributed by atoms with van der Waals surface area (Å²) in [7, 11) is 0. The fourth-order valence-electron chi connectivity index (χ4n) is 3.53. The van der Waals surface area contributed by atoms with Gasteiger partial charge in [0, 0.05) is 41.4 Å². The van der Waals surface area contributed by atoms with E-state index in [0.29, 0.717) is 23.8 Å². The molecule has 6 heteroatoms. The summed E-state index contributed by atoms with van der Waals surface area (Å²) in [6.45, 7) is 11.6. The molecule has 140 valence electrons. The normalized spacial score (nSPS) is 16.9. The van der Waals surface area contributed by atoms with Crippen LogP contribution in [0.3, 0.4) is 0 Å². The van der Waals surface area contributed by atoms with E-state index in [2.05, 4.69) is 14.6 Å². The van der Waals surface area contributed by atoms with Crippen LogP contribution in [0.5, 0.6) is 0 Å². The maximum atomic E-state index is 11.5. The van der Waals surface area contributed by atoms with E-state index in [1.807, 2.05) is 36.4 Å². The zero-order chi connectivity index (χ0) is 19.4. The number of halogens is 2. The van der Waals surface area contributed by atoms with Gasteiger partial charge >= 0.3 is 0 Å². The van der Waals surface area contributed by atoms with Gasteiger partial charge in [-0.3, -0.25) is 9.69 Å². The maximum absolute atomic E-state index is 11.5. The quantitative estimate of drug-likeness (QED) is 0.621. The first-order valence-electron chi connectivity index (χ1n) is 8.87. The standard InChI is InChI=1S/C21H21Cl2N3O/c1-15(27)12-25-10-9-18(14-25)26(13-16-5-3-4-6-19(16)22)17-7-8-21(24-2)20(23)11-17/h3-8,11,18H,9-10,12-14H2,1H3/t18-/m0/s1. The van der Waals surface area contributed by atoms with Gasteiger partial charge in [0.2, 0.25) is 5.69 Å². The van der Waals surface area contributed by atoms with E-state index in [4.69, 9.17) is 29.8 Å². The molecular formula is C21H21Cl2N3O. The zero-order valence-corrected chi connectivity index (χ0v) is 16.7. The number of carbonyl (C=O) groups is 1. The molecule has 0 amide bonds. The van der Waals surface area contributed by atoms with Crippen molar-refractivity contribution in [2.45, 2.75) is 25.9 Å². The van der Waals surface area contributed by atoms with Crippen LogP contribution in [0, 0.1) is 6.57 Å². The molecule has 0 saturated carbocycles. The van der Waals surface area contributed by atoms with Gasteiger partial charge in [0.05, 0.1) is 13.1 Å². The van der Waals surface area contributed by atoms with Crippen LogP contribution in [-0.2, 0) is 11.3 Å². The number of likely N-dealkylation sites (tertiary alicyclic amines) is 1. The second-order valence-corrected chi connectivity index (χ2v) is 7.66. The molecule has 1 heterocycles. The second kappa shape index (κ2) is 8.75. The number of nitrogens with zero attached hydrogens (tertiary/aromatic N) is 3. The number of anilines is 1. The van der Waals surface area contributed by atoms with E-state index >= 15 is 0 Å². The summed E-state index contributed by atoms with van der Waals surface area (Å²) >= 11 is 12.7. The molecule has 2 aromatic rings. The maximum Gasteiger partial charge on any atom is 0.205 e. The highest BCUT2D eigenvalue weighted by Gasteiger charge is 2.29. The molecule has 3 rings (SSSR count). The molecule has 1 saturated heterocycles. The van der Waals surface area contributed by atoms with E-state index in [-0.39, 0.29) is 11.8 Å². The first-order valence-corrected chi connectivity index (χ1v) is 9.62. The smallest absolute Gasteiger partial charge is 0.205 e. The number of Topliss-reactive ketones (excluding diaryl/α,β-unsaturated/α-hetero) is 1. The Bertz CT molecular complexity index is 878. The Morgan fingerprint density at radius 1 is 1.26 bits per heavy atom. The Kier molecular flexibility index (Phi) is 6.38. The lowest BCUT2D eigenvalue weighted by Crippen LogP contribution is -2.38. The summed E-state index contributed by atoms with van der Waals surface area (Å²) in [6.07, 6.45) is 0.958. The third-order valence-corrected chi connectivity index (χ3v) is 5.49. The largest absolute Gasteiger partial charge is 0.363 e. The number of hydrogen-bond acceptors (Lipinski definition) is 3. The molecule has 1 aliphatic heterocycles. The van der Waals surface area contributed by atoms with Crippen molar-refractivity contribution in [1.82, 2.24) is 4.90 Å². The van der Waals surface area contributed by atoms with Crippen molar-refractivity contribution in [1.29, 1.82) is 0 Å². The first kappa shape index (κ1) is 19.7. The average Bonchev–Trinajstić information content (AvgIpc) is 3.08. The first-order chi connectivity index (χ1) is 13.0. The van der Waals surface area contributed by atoms with Crippen molar-refractivity contribution >= 4 is 40.4 Å². The van der Waals surface area contributed by atoms with Gasteiger partial charge in [-0.2, -0.15) is 0 Å². The lowest BCUT2D eigenvalue weighted by atomic mass is 10.1. The molecular weight excluding hydrogens is 381 g/mol. The lowest BCUT2D eigenvalue weighted by molar-refractivity contribution is -0.117. The highest BCUT2D eigenvalue weighted by atomic mass is 35.5. The fourth-order valence-corrected chi connectivity index (χ4v) is 3.94. The number of ketones is 1. The van der Waals surface area contributed by atoms with Crippen LogP contribution in [0.1, 0.15) is 18.9 Å². The minimum absolute atomic E-state index is 0.178. The Labute approximate surface area is 170 Å². The van der Waals surface area contributed by atoms with Crippen LogP contribution in [0.15, 0.2) is 42.5 Å². The predicted octanol–water partition coefficient (Wildman–Crippen LogP) is 5.21. The average molecular weight is 402 g/mol. The Balaban J connectivity index is 1.90. The monoisotopic (exact) mass is 401 g/mol. The molecule has 0 unspecified atom stereocenters. The Morgan fingerprint density at radius 2 is 2.04 bits per heavy atom. The van der Waals surface area contributed by atoms with Gasteiger partial charge in [-0.1, -0.05) is 47.5 Å². The van der Waals surface area contributed by atoms with E-state index in [1.165, 1.54) is 0 Å². The van der Waals surface area contributed by atoms with E-state index in [0.717, 1.165) is 35.8 Å². The van der Waals surface area contributed by atoms with Gasteiger partial charge < -0.3 is 4.90 Å². The molecule has 0 radical (unpaired) electrons. The van der Waals surface area contributed by atoms with Gasteiger partial charge in [0.15, 0.2) is 0 Å². The molecule has 1 atom stereocenters. The molecule has 1 aliphatic rings. The van der Waals surface area contributed by atoms with Crippen LogP contribution >= 0.6 is 23.2 Å². The van der Waals surface area contributed by atoms with Crippen molar-refractivity contribution in [3.63, 3.8) is 0 Å². The van der Waals surface area contributed by atoms with Crippen LogP contribution < -0.4 is 4.90 Å². The Hall–Kier alpha value is -2.06. The topological polar surface area (TPSA) is 27.9 Å². The Morgan fingerprint density at radius 3 is 2.70 bits per heavy atom. The van der Waals surface area contributed by atoms with Crippen LogP contribution in [-0.4, -0.2) is 36.4 Å². The van der Waals surface area contributed by atoms with Gasteiger partial charge in [-0.05, 0) is 37.1 Å². The second-order valence-electron chi connectivity index (χ2n) is 6.85. The van der Waals surface area contributed by atoms with Crippen molar-refractivity contribution < 1.29 is 4.79 Å². The number of benzene rings is 2. The predicted molar refractivity (Wildman–Crippen MR) is 111 cm³/mol. The van der Waals surface area contributed by atoms with Crippen LogP contribution in [0.25, 0.3) is 4.85 Å². The fraction of sp³-hybridized carbons (Fsp3) is 0.333. The minimum atomic E-state index is 0.178. The third-order valence-electron chi connectivity index (χ3n) is 4.82. The molecule has 27 heavy (non-hydrogen) atoms. The summed E-state index contributed by atoms with van der Waals surface area (Å²) in [5.74, 6) is 0.178. The third kappa shape index (κ3) is 4.81. The van der Waals surface area contributed by atoms with Crippen molar-refractivity contribution in [2.75, 3.05) is 24.5 Å². The van der Waals surface area contributed by atoms with E-state index < -0.39 is 0 Å². The SMILES string of the molecule is [C-]#[N+]c1ccc(N(Cc2ccccc2Cl)[C@H]2CCN(CC(C)=O)C2)cc1Cl. The highest BCUT2D eigenvalue weighted by Crippen LogP contribution is 2.33.